The molecule has 0 spiro atoms. The van der Waals surface area contributed by atoms with Crippen LogP contribution in [0.5, 0.6) is 0 Å². The Morgan fingerprint density at radius 3 is 2.27 bits per heavy atom. The molecule has 0 bridgehead atoms. The average molecular weight is 562 g/mol. The van der Waals surface area contributed by atoms with Crippen LogP contribution >= 0.6 is 24.0 Å². The second-order valence-corrected chi connectivity index (χ2v) is 9.18. The van der Waals surface area contributed by atoms with Crippen LogP contribution in [0.1, 0.15) is 30.9 Å². The topological polar surface area (TPSA) is 73.8 Å². The first-order valence-electron chi connectivity index (χ1n) is 9.73. The number of rotatable bonds is 7. The van der Waals surface area contributed by atoms with Crippen molar-refractivity contribution in [2.24, 2.45) is 10.9 Å². The zero-order valence-corrected chi connectivity index (χ0v) is 20.4. The third-order valence-electron chi connectivity index (χ3n) is 4.88. The van der Waals surface area contributed by atoms with Gasteiger partial charge in [0.25, 0.3) is 0 Å². The lowest BCUT2D eigenvalue weighted by Crippen LogP contribution is -2.40. The summed E-state index contributed by atoms with van der Waals surface area (Å²) in [6.07, 6.45) is -0.952. The Bertz CT molecular complexity index is 778. The number of guanidine groups is 1. The highest BCUT2D eigenvalue weighted by molar-refractivity contribution is 14.0. The van der Waals surface area contributed by atoms with Gasteiger partial charge in [-0.15, -0.1) is 24.0 Å². The van der Waals surface area contributed by atoms with Crippen molar-refractivity contribution < 1.29 is 21.6 Å². The van der Waals surface area contributed by atoms with E-state index < -0.39 is 21.8 Å². The Hall–Kier alpha value is -1.08. The lowest BCUT2D eigenvalue weighted by molar-refractivity contribution is -0.137. The summed E-state index contributed by atoms with van der Waals surface area (Å²) in [7, 11) is -3.13. The monoisotopic (exact) mass is 562 g/mol. The number of hydrogen-bond acceptors (Lipinski definition) is 3. The van der Waals surface area contributed by atoms with E-state index in [-0.39, 0.29) is 24.0 Å². The quantitative estimate of drug-likeness (QED) is 0.305. The maximum Gasteiger partial charge on any atom is 0.416 e. The van der Waals surface area contributed by atoms with E-state index >= 15 is 0 Å². The van der Waals surface area contributed by atoms with Gasteiger partial charge >= 0.3 is 6.18 Å². The standard InChI is InChI=1S/C19H29F3N4O2S.HI/c1-3-23-18(25-14-16-9-12-26(13-10-16)29(2,27)28)24-11-8-15-4-6-17(7-5-15)19(20,21)22;/h4-7,16H,3,8-14H2,1-2H3,(H2,23,24,25);1H. The molecule has 30 heavy (non-hydrogen) atoms. The molecule has 11 heteroatoms. The Labute approximate surface area is 193 Å². The largest absolute Gasteiger partial charge is 0.416 e. The van der Waals surface area contributed by atoms with Gasteiger partial charge in [-0.2, -0.15) is 13.2 Å². The Morgan fingerprint density at radius 1 is 1.17 bits per heavy atom. The Kier molecular flexibility index (Phi) is 10.9. The lowest BCUT2D eigenvalue weighted by Gasteiger charge is -2.29. The molecule has 1 aromatic rings. The van der Waals surface area contributed by atoms with Crippen LogP contribution in [0, 0.1) is 5.92 Å². The molecular formula is C19H30F3IN4O2S. The summed E-state index contributed by atoms with van der Waals surface area (Å²) in [4.78, 5) is 4.58. The number of nitrogens with one attached hydrogen (secondary N) is 2. The van der Waals surface area contributed by atoms with Gasteiger partial charge in [-0.05, 0) is 49.8 Å². The van der Waals surface area contributed by atoms with Crippen LogP contribution in [0.2, 0.25) is 0 Å². The van der Waals surface area contributed by atoms with Crippen LogP contribution < -0.4 is 10.6 Å². The van der Waals surface area contributed by atoms with E-state index in [2.05, 4.69) is 15.6 Å². The fourth-order valence-electron chi connectivity index (χ4n) is 3.17. The first-order chi connectivity index (χ1) is 13.6. The minimum Gasteiger partial charge on any atom is -0.357 e. The van der Waals surface area contributed by atoms with Gasteiger partial charge in [-0.25, -0.2) is 12.7 Å². The van der Waals surface area contributed by atoms with E-state index in [1.807, 2.05) is 6.92 Å². The number of hydrogen-bond donors (Lipinski definition) is 2. The van der Waals surface area contributed by atoms with E-state index in [1.54, 1.807) is 0 Å². The molecule has 2 rings (SSSR count). The Balaban J connectivity index is 0.00000450. The van der Waals surface area contributed by atoms with Crippen molar-refractivity contribution in [2.75, 3.05) is 39.0 Å². The van der Waals surface area contributed by atoms with Crippen LogP contribution in [-0.2, 0) is 22.6 Å². The predicted molar refractivity (Wildman–Crippen MR) is 124 cm³/mol. The van der Waals surface area contributed by atoms with Crippen molar-refractivity contribution in [3.63, 3.8) is 0 Å². The third kappa shape index (κ3) is 8.96. The van der Waals surface area contributed by atoms with E-state index in [0.29, 0.717) is 51.0 Å². The molecule has 2 N–H and O–H groups in total. The van der Waals surface area contributed by atoms with E-state index in [4.69, 9.17) is 0 Å². The van der Waals surface area contributed by atoms with Crippen molar-refractivity contribution >= 4 is 40.0 Å². The fourth-order valence-corrected chi connectivity index (χ4v) is 4.05. The molecule has 0 amide bonds. The van der Waals surface area contributed by atoms with Crippen molar-refractivity contribution in [1.82, 2.24) is 14.9 Å². The molecule has 0 radical (unpaired) electrons. The molecule has 1 heterocycles. The summed E-state index contributed by atoms with van der Waals surface area (Å²) in [5, 5.41) is 6.35. The van der Waals surface area contributed by atoms with Crippen LogP contribution in [-0.4, -0.2) is 57.7 Å². The summed E-state index contributed by atoms with van der Waals surface area (Å²) in [6, 6.07) is 5.17. The molecular weight excluding hydrogens is 532 g/mol. The number of halogens is 4. The number of piperidine rings is 1. The van der Waals surface area contributed by atoms with Gasteiger partial charge < -0.3 is 10.6 Å². The molecule has 0 saturated carbocycles. The normalized spacial score (nSPS) is 16.8. The molecule has 6 nitrogen and oxygen atoms in total. The van der Waals surface area contributed by atoms with Crippen LogP contribution in [0.25, 0.3) is 0 Å². The maximum atomic E-state index is 12.6. The zero-order chi connectivity index (χ0) is 21.5. The molecule has 0 atom stereocenters. The lowest BCUT2D eigenvalue weighted by atomic mass is 9.98. The molecule has 1 saturated heterocycles. The van der Waals surface area contributed by atoms with E-state index in [0.717, 1.165) is 30.5 Å². The van der Waals surface area contributed by atoms with Crippen molar-refractivity contribution in [1.29, 1.82) is 0 Å². The highest BCUT2D eigenvalue weighted by Crippen LogP contribution is 2.29. The summed E-state index contributed by atoms with van der Waals surface area (Å²) >= 11 is 0. The third-order valence-corrected chi connectivity index (χ3v) is 6.18. The maximum absolute atomic E-state index is 12.6. The van der Waals surface area contributed by atoms with Crippen molar-refractivity contribution in [3.8, 4) is 0 Å². The summed E-state index contributed by atoms with van der Waals surface area (Å²) < 4.78 is 62.5. The number of alkyl halides is 3. The van der Waals surface area contributed by atoms with Crippen molar-refractivity contribution in [3.05, 3.63) is 35.4 Å². The summed E-state index contributed by atoms with van der Waals surface area (Å²) in [5.74, 6) is 0.989. The highest BCUT2D eigenvalue weighted by Gasteiger charge is 2.29. The van der Waals surface area contributed by atoms with Gasteiger partial charge in [0, 0.05) is 32.7 Å². The van der Waals surface area contributed by atoms with Gasteiger partial charge in [0.1, 0.15) is 0 Å². The zero-order valence-electron chi connectivity index (χ0n) is 17.2. The van der Waals surface area contributed by atoms with Crippen LogP contribution in [0.3, 0.4) is 0 Å². The molecule has 0 unspecified atom stereocenters. The molecule has 1 aliphatic heterocycles. The minimum atomic E-state index is -4.32. The van der Waals surface area contributed by atoms with Gasteiger partial charge in [0.2, 0.25) is 10.0 Å². The first kappa shape index (κ1) is 27.0. The van der Waals surface area contributed by atoms with Gasteiger partial charge in [0.15, 0.2) is 5.96 Å². The second-order valence-electron chi connectivity index (χ2n) is 7.20. The van der Waals surface area contributed by atoms with Crippen molar-refractivity contribution in [2.45, 2.75) is 32.4 Å². The molecule has 172 valence electrons. The SMILES string of the molecule is CCNC(=NCC1CCN(S(C)(=O)=O)CC1)NCCc1ccc(C(F)(F)F)cc1.I. The van der Waals surface area contributed by atoms with Crippen LogP contribution in [0.4, 0.5) is 13.2 Å². The highest BCUT2D eigenvalue weighted by atomic mass is 127. The average Bonchev–Trinajstić information content (AvgIpc) is 2.65. The number of aliphatic imine (C=N–C) groups is 1. The second kappa shape index (κ2) is 12.1. The number of sulfonamides is 1. The van der Waals surface area contributed by atoms with Gasteiger partial charge in [-0.1, -0.05) is 12.1 Å². The van der Waals surface area contributed by atoms with Gasteiger partial charge in [0.05, 0.1) is 11.8 Å². The Morgan fingerprint density at radius 2 is 1.77 bits per heavy atom. The number of nitrogens with zero attached hydrogens (tertiary/aromatic N) is 2. The first-order valence-corrected chi connectivity index (χ1v) is 11.6. The molecule has 1 fully saturated rings. The van der Waals surface area contributed by atoms with E-state index in [9.17, 15) is 21.6 Å². The summed E-state index contributed by atoms with van der Waals surface area (Å²) in [6.45, 7) is 4.85. The summed E-state index contributed by atoms with van der Waals surface area (Å²) in [5.41, 5.74) is 0.167. The molecule has 1 aliphatic rings. The van der Waals surface area contributed by atoms with Gasteiger partial charge in [-0.3, -0.25) is 4.99 Å². The van der Waals surface area contributed by atoms with E-state index in [1.165, 1.54) is 22.7 Å². The number of benzene rings is 1. The molecule has 1 aromatic carbocycles. The van der Waals surface area contributed by atoms with Crippen LogP contribution in [0.15, 0.2) is 29.3 Å². The predicted octanol–water partition coefficient (Wildman–Crippen LogP) is 3.09. The minimum absolute atomic E-state index is 0. The molecule has 0 aliphatic carbocycles. The molecule has 0 aromatic heterocycles. The fraction of sp³-hybridized carbons (Fsp3) is 0.632. The smallest absolute Gasteiger partial charge is 0.357 e.